The van der Waals surface area contributed by atoms with Crippen molar-refractivity contribution in [3.05, 3.63) is 50.7 Å². The SMILES string of the molecule is Cc1ccc(OC[C@@H](O)Cn2c(NC3CCCCC3)nc3c2c(=O)[nH]c(=O)n3C)cc1. The standard InChI is InChI=1S/C22H29N5O4/c1-14-8-10-17(11-9-14)31-13-16(28)12-27-18-19(26(2)22(30)25-20(18)29)24-21(27)23-15-6-4-3-5-7-15/h8-11,15-16,28H,3-7,12-13H2,1-2H3,(H,23,24)(H,25,29,30)/t16-/m0/s1. The van der Waals surface area contributed by atoms with E-state index in [1.807, 2.05) is 31.2 Å². The average Bonchev–Trinajstić information content (AvgIpc) is 3.11. The van der Waals surface area contributed by atoms with Crippen LogP contribution in [-0.4, -0.2) is 43.0 Å². The third kappa shape index (κ3) is 4.66. The van der Waals surface area contributed by atoms with Crippen molar-refractivity contribution in [2.45, 2.75) is 57.7 Å². The second-order valence-electron chi connectivity index (χ2n) is 8.29. The second kappa shape index (κ2) is 8.97. The molecule has 0 amide bonds. The van der Waals surface area contributed by atoms with Gasteiger partial charge in [-0.2, -0.15) is 4.98 Å². The van der Waals surface area contributed by atoms with Crippen molar-refractivity contribution >= 4 is 17.1 Å². The lowest BCUT2D eigenvalue weighted by atomic mass is 9.96. The van der Waals surface area contributed by atoms with Gasteiger partial charge in [0.05, 0.1) is 6.54 Å². The number of hydrogen-bond acceptors (Lipinski definition) is 6. The molecule has 9 heteroatoms. The summed E-state index contributed by atoms with van der Waals surface area (Å²) in [5, 5.41) is 14.1. The summed E-state index contributed by atoms with van der Waals surface area (Å²) in [5.74, 6) is 1.16. The lowest BCUT2D eigenvalue weighted by Gasteiger charge is -2.24. The number of aliphatic hydroxyl groups excluding tert-OH is 1. The fourth-order valence-corrected chi connectivity index (χ4v) is 4.04. The number of ether oxygens (including phenoxy) is 1. The van der Waals surface area contributed by atoms with Gasteiger partial charge in [0.2, 0.25) is 5.95 Å². The molecule has 3 aromatic rings. The minimum atomic E-state index is -0.873. The van der Waals surface area contributed by atoms with Gasteiger partial charge in [0.25, 0.3) is 5.56 Å². The van der Waals surface area contributed by atoms with Gasteiger partial charge in [0.15, 0.2) is 11.2 Å². The quantitative estimate of drug-likeness (QED) is 0.531. The summed E-state index contributed by atoms with van der Waals surface area (Å²) in [6.45, 7) is 2.17. The zero-order valence-electron chi connectivity index (χ0n) is 17.9. The van der Waals surface area contributed by atoms with Gasteiger partial charge in [-0.25, -0.2) is 4.79 Å². The molecule has 9 nitrogen and oxygen atoms in total. The van der Waals surface area contributed by atoms with Crippen molar-refractivity contribution in [3.63, 3.8) is 0 Å². The van der Waals surface area contributed by atoms with Crippen LogP contribution in [0.1, 0.15) is 37.7 Å². The number of aromatic nitrogens is 4. The van der Waals surface area contributed by atoms with Crippen LogP contribution in [0.4, 0.5) is 5.95 Å². The molecule has 0 bridgehead atoms. The zero-order chi connectivity index (χ0) is 22.0. The predicted molar refractivity (Wildman–Crippen MR) is 119 cm³/mol. The minimum Gasteiger partial charge on any atom is -0.491 e. The highest BCUT2D eigenvalue weighted by Gasteiger charge is 2.22. The molecular weight excluding hydrogens is 398 g/mol. The normalized spacial score (nSPS) is 15.8. The Balaban J connectivity index is 1.61. The number of aryl methyl sites for hydroxylation is 2. The molecule has 0 spiro atoms. The van der Waals surface area contributed by atoms with Crippen LogP contribution in [0.25, 0.3) is 11.2 Å². The number of hydrogen-bond donors (Lipinski definition) is 3. The fraction of sp³-hybridized carbons (Fsp3) is 0.500. The molecule has 2 heterocycles. The Morgan fingerprint density at radius 3 is 2.65 bits per heavy atom. The molecule has 3 N–H and O–H groups in total. The molecule has 1 atom stereocenters. The van der Waals surface area contributed by atoms with E-state index in [1.54, 1.807) is 11.6 Å². The number of benzene rings is 1. The summed E-state index contributed by atoms with van der Waals surface area (Å²) in [5.41, 5.74) is 0.637. The van der Waals surface area contributed by atoms with Crippen molar-refractivity contribution in [2.75, 3.05) is 11.9 Å². The van der Waals surface area contributed by atoms with Gasteiger partial charge in [-0.3, -0.25) is 14.3 Å². The summed E-state index contributed by atoms with van der Waals surface area (Å²) in [6.07, 6.45) is 4.68. The van der Waals surface area contributed by atoms with E-state index in [2.05, 4.69) is 15.3 Å². The van der Waals surface area contributed by atoms with Gasteiger partial charge in [-0.05, 0) is 31.9 Å². The zero-order valence-corrected chi connectivity index (χ0v) is 17.9. The maximum Gasteiger partial charge on any atom is 0.329 e. The highest BCUT2D eigenvalue weighted by atomic mass is 16.5. The van der Waals surface area contributed by atoms with Crippen molar-refractivity contribution in [1.29, 1.82) is 0 Å². The van der Waals surface area contributed by atoms with Gasteiger partial charge in [0.1, 0.15) is 18.5 Å². The van der Waals surface area contributed by atoms with E-state index in [9.17, 15) is 14.7 Å². The molecule has 0 radical (unpaired) electrons. The first-order valence-electron chi connectivity index (χ1n) is 10.8. The number of imidazole rings is 1. The van der Waals surface area contributed by atoms with Crippen LogP contribution >= 0.6 is 0 Å². The molecule has 0 saturated heterocycles. The Hall–Kier alpha value is -3.07. The number of anilines is 1. The monoisotopic (exact) mass is 427 g/mol. The molecule has 0 unspecified atom stereocenters. The Morgan fingerprint density at radius 2 is 1.94 bits per heavy atom. The van der Waals surface area contributed by atoms with Crippen LogP contribution in [-0.2, 0) is 13.6 Å². The number of nitrogens with one attached hydrogen (secondary N) is 2. The third-order valence-corrected chi connectivity index (χ3v) is 5.80. The first-order valence-corrected chi connectivity index (χ1v) is 10.8. The Morgan fingerprint density at radius 1 is 1.23 bits per heavy atom. The number of fused-ring (bicyclic) bond motifs is 1. The molecule has 31 heavy (non-hydrogen) atoms. The van der Waals surface area contributed by atoms with E-state index in [0.717, 1.165) is 31.2 Å². The highest BCUT2D eigenvalue weighted by molar-refractivity contribution is 5.74. The topological polar surface area (TPSA) is 114 Å². The Labute approximate surface area is 179 Å². The smallest absolute Gasteiger partial charge is 0.329 e. The largest absolute Gasteiger partial charge is 0.491 e. The molecule has 0 aliphatic heterocycles. The first kappa shape index (κ1) is 21.2. The number of aliphatic hydroxyl groups is 1. The van der Waals surface area contributed by atoms with Gasteiger partial charge >= 0.3 is 5.69 Å². The van der Waals surface area contributed by atoms with E-state index in [-0.39, 0.29) is 24.7 Å². The molecule has 1 aliphatic carbocycles. The first-order chi connectivity index (χ1) is 14.9. The molecule has 4 rings (SSSR count). The number of rotatable bonds is 7. The Kier molecular flexibility index (Phi) is 6.13. The van der Waals surface area contributed by atoms with Crippen LogP contribution in [0.2, 0.25) is 0 Å². The summed E-state index contributed by atoms with van der Waals surface area (Å²) >= 11 is 0. The number of nitrogens with zero attached hydrogens (tertiary/aromatic N) is 3. The van der Waals surface area contributed by atoms with Crippen molar-refractivity contribution in [3.8, 4) is 5.75 Å². The van der Waals surface area contributed by atoms with Gasteiger partial charge in [-0.15, -0.1) is 0 Å². The molecular formula is C22H29N5O4. The second-order valence-corrected chi connectivity index (χ2v) is 8.29. The summed E-state index contributed by atoms with van der Waals surface area (Å²) in [7, 11) is 1.57. The summed E-state index contributed by atoms with van der Waals surface area (Å²) < 4.78 is 8.67. The lowest BCUT2D eigenvalue weighted by molar-refractivity contribution is 0.0938. The van der Waals surface area contributed by atoms with Crippen LogP contribution in [0.3, 0.4) is 0 Å². The van der Waals surface area contributed by atoms with Gasteiger partial charge in [0, 0.05) is 13.1 Å². The van der Waals surface area contributed by atoms with E-state index in [1.165, 1.54) is 11.0 Å². The maximum absolute atomic E-state index is 12.6. The maximum atomic E-state index is 12.6. The van der Waals surface area contributed by atoms with Crippen LogP contribution in [0, 0.1) is 6.92 Å². The molecule has 1 fully saturated rings. The average molecular weight is 428 g/mol. The van der Waals surface area contributed by atoms with Crippen molar-refractivity contribution in [1.82, 2.24) is 19.1 Å². The van der Waals surface area contributed by atoms with Crippen LogP contribution < -0.4 is 21.3 Å². The molecule has 166 valence electrons. The van der Waals surface area contributed by atoms with E-state index >= 15 is 0 Å². The van der Waals surface area contributed by atoms with Gasteiger partial charge in [-0.1, -0.05) is 37.0 Å². The summed E-state index contributed by atoms with van der Waals surface area (Å²) in [6, 6.07) is 7.84. The highest BCUT2D eigenvalue weighted by Crippen LogP contribution is 2.23. The molecule has 1 saturated carbocycles. The van der Waals surface area contributed by atoms with Crippen LogP contribution in [0.15, 0.2) is 33.9 Å². The summed E-state index contributed by atoms with van der Waals surface area (Å²) in [4.78, 5) is 31.5. The van der Waals surface area contributed by atoms with E-state index in [4.69, 9.17) is 4.74 Å². The minimum absolute atomic E-state index is 0.0648. The Bertz CT molecular complexity index is 1160. The molecule has 1 aliphatic rings. The number of H-pyrrole nitrogens is 1. The van der Waals surface area contributed by atoms with E-state index < -0.39 is 17.4 Å². The van der Waals surface area contributed by atoms with E-state index in [0.29, 0.717) is 17.3 Å². The fourth-order valence-electron chi connectivity index (χ4n) is 4.04. The molecule has 1 aromatic carbocycles. The van der Waals surface area contributed by atoms with Crippen molar-refractivity contribution < 1.29 is 9.84 Å². The van der Waals surface area contributed by atoms with Gasteiger partial charge < -0.3 is 19.7 Å². The lowest BCUT2D eigenvalue weighted by Crippen LogP contribution is -2.31. The van der Waals surface area contributed by atoms with Crippen LogP contribution in [0.5, 0.6) is 5.75 Å². The van der Waals surface area contributed by atoms with Crippen molar-refractivity contribution in [2.24, 2.45) is 7.05 Å². The predicted octanol–water partition coefficient (Wildman–Crippen LogP) is 1.92. The number of aromatic amines is 1. The molecule has 2 aromatic heterocycles. The third-order valence-electron chi connectivity index (χ3n) is 5.80.